The maximum Gasteiger partial charge on any atom is 0.258 e. The number of pyridine rings is 1. The van der Waals surface area contributed by atoms with Crippen LogP contribution in [0.4, 0.5) is 5.82 Å². The van der Waals surface area contributed by atoms with Gasteiger partial charge < -0.3 is 5.32 Å². The van der Waals surface area contributed by atoms with Gasteiger partial charge in [0.25, 0.3) is 5.91 Å². The average Bonchev–Trinajstić information content (AvgIpc) is 2.87. The number of nitrogens with zero attached hydrogens (tertiary/aromatic N) is 3. The third-order valence-corrected chi connectivity index (χ3v) is 4.14. The number of benzene rings is 1. The van der Waals surface area contributed by atoms with Crippen LogP contribution in [0.3, 0.4) is 0 Å². The van der Waals surface area contributed by atoms with Crippen LogP contribution in [0.2, 0.25) is 5.02 Å². The van der Waals surface area contributed by atoms with E-state index in [0.29, 0.717) is 16.4 Å². The monoisotopic (exact) mass is 342 g/mol. The summed E-state index contributed by atoms with van der Waals surface area (Å²) >= 11 is 6.27. The van der Waals surface area contributed by atoms with E-state index >= 15 is 0 Å². The molecular weight excluding hydrogens is 324 g/mol. The molecule has 6 heteroatoms. The van der Waals surface area contributed by atoms with Crippen molar-refractivity contribution in [3.05, 3.63) is 52.8 Å². The second-order valence-corrected chi connectivity index (χ2v) is 7.18. The Bertz CT molecular complexity index is 924. The maximum absolute atomic E-state index is 12.6. The fourth-order valence-corrected chi connectivity index (χ4v) is 2.66. The van der Waals surface area contributed by atoms with E-state index in [9.17, 15) is 4.79 Å². The van der Waals surface area contributed by atoms with Crippen molar-refractivity contribution in [3.63, 3.8) is 0 Å². The summed E-state index contributed by atoms with van der Waals surface area (Å²) in [4.78, 5) is 16.9. The van der Waals surface area contributed by atoms with Crippen molar-refractivity contribution < 1.29 is 4.79 Å². The van der Waals surface area contributed by atoms with E-state index < -0.39 is 0 Å². The SMILES string of the molecule is Cn1nc(C(C)(C)C)cc1NC(=O)c1cc2ncccc2cc1Cl. The largest absolute Gasteiger partial charge is 0.307 e. The highest BCUT2D eigenvalue weighted by Crippen LogP contribution is 2.26. The predicted molar refractivity (Wildman–Crippen MR) is 96.6 cm³/mol. The summed E-state index contributed by atoms with van der Waals surface area (Å²) < 4.78 is 1.66. The summed E-state index contributed by atoms with van der Waals surface area (Å²) in [5, 5.41) is 8.62. The molecule has 0 bridgehead atoms. The van der Waals surface area contributed by atoms with Gasteiger partial charge in [-0.25, -0.2) is 0 Å². The van der Waals surface area contributed by atoms with Crippen LogP contribution in [0.5, 0.6) is 0 Å². The number of halogens is 1. The standard InChI is InChI=1S/C18H19ClN4O/c1-18(2,3)15-10-16(23(4)22-15)21-17(24)12-9-14-11(8-13(12)19)6-5-7-20-14/h5-10H,1-4H3,(H,21,24). The summed E-state index contributed by atoms with van der Waals surface area (Å²) in [6.45, 7) is 6.23. The molecule has 2 heterocycles. The molecule has 2 aromatic heterocycles. The second-order valence-electron chi connectivity index (χ2n) is 6.77. The molecule has 0 unspecified atom stereocenters. The number of amides is 1. The zero-order valence-corrected chi connectivity index (χ0v) is 14.8. The molecule has 0 fully saturated rings. The van der Waals surface area contributed by atoms with Gasteiger partial charge in [-0.2, -0.15) is 5.10 Å². The Morgan fingerprint density at radius 3 is 2.67 bits per heavy atom. The molecule has 0 radical (unpaired) electrons. The Kier molecular flexibility index (Phi) is 4.05. The van der Waals surface area contributed by atoms with Gasteiger partial charge in [0.1, 0.15) is 5.82 Å². The average molecular weight is 343 g/mol. The lowest BCUT2D eigenvalue weighted by Crippen LogP contribution is -2.15. The van der Waals surface area contributed by atoms with Crippen molar-refractivity contribution in [1.82, 2.24) is 14.8 Å². The zero-order chi connectivity index (χ0) is 17.5. The molecule has 0 saturated heterocycles. The van der Waals surface area contributed by atoms with Crippen LogP contribution in [0, 0.1) is 0 Å². The van der Waals surface area contributed by atoms with Crippen molar-refractivity contribution in [2.45, 2.75) is 26.2 Å². The van der Waals surface area contributed by atoms with Crippen LogP contribution in [-0.2, 0) is 12.5 Å². The number of carbonyl (C=O) groups excluding carboxylic acids is 1. The second kappa shape index (κ2) is 5.91. The van der Waals surface area contributed by atoms with Crippen LogP contribution in [0.1, 0.15) is 36.8 Å². The Labute approximate surface area is 145 Å². The first-order chi connectivity index (χ1) is 11.3. The fourth-order valence-electron chi connectivity index (χ4n) is 2.40. The van der Waals surface area contributed by atoms with E-state index in [-0.39, 0.29) is 11.3 Å². The summed E-state index contributed by atoms with van der Waals surface area (Å²) in [6.07, 6.45) is 1.69. The number of aryl methyl sites for hydroxylation is 1. The molecule has 1 N–H and O–H groups in total. The lowest BCUT2D eigenvalue weighted by molar-refractivity contribution is 0.102. The van der Waals surface area contributed by atoms with E-state index in [0.717, 1.165) is 16.6 Å². The molecule has 0 aliphatic carbocycles. The van der Waals surface area contributed by atoms with Crippen molar-refractivity contribution in [1.29, 1.82) is 0 Å². The van der Waals surface area contributed by atoms with Gasteiger partial charge in [0.05, 0.1) is 21.8 Å². The molecule has 0 aliphatic rings. The smallest absolute Gasteiger partial charge is 0.258 e. The number of anilines is 1. The van der Waals surface area contributed by atoms with Crippen molar-refractivity contribution in [2.24, 2.45) is 7.05 Å². The number of hydrogen-bond donors (Lipinski definition) is 1. The van der Waals surface area contributed by atoms with Crippen molar-refractivity contribution >= 4 is 34.2 Å². The molecular formula is C18H19ClN4O. The van der Waals surface area contributed by atoms with Gasteiger partial charge >= 0.3 is 0 Å². The third kappa shape index (κ3) is 3.12. The minimum absolute atomic E-state index is 0.0920. The Morgan fingerprint density at radius 1 is 1.25 bits per heavy atom. The number of rotatable bonds is 2. The van der Waals surface area contributed by atoms with E-state index in [2.05, 4.69) is 36.2 Å². The molecule has 3 aromatic rings. The highest BCUT2D eigenvalue weighted by molar-refractivity contribution is 6.35. The number of nitrogens with one attached hydrogen (secondary N) is 1. The first-order valence-corrected chi connectivity index (χ1v) is 8.03. The van der Waals surface area contributed by atoms with Crippen LogP contribution in [0.15, 0.2) is 36.5 Å². The molecule has 1 aromatic carbocycles. The van der Waals surface area contributed by atoms with Gasteiger partial charge in [-0.1, -0.05) is 38.4 Å². The normalized spacial score (nSPS) is 11.7. The third-order valence-electron chi connectivity index (χ3n) is 3.83. The highest BCUT2D eigenvalue weighted by atomic mass is 35.5. The fraction of sp³-hybridized carbons (Fsp3) is 0.278. The van der Waals surface area contributed by atoms with Gasteiger partial charge in [0.15, 0.2) is 0 Å². The minimum atomic E-state index is -0.281. The first kappa shape index (κ1) is 16.5. The zero-order valence-electron chi connectivity index (χ0n) is 14.1. The molecule has 0 atom stereocenters. The molecule has 5 nitrogen and oxygen atoms in total. The Hall–Kier alpha value is -2.40. The topological polar surface area (TPSA) is 59.8 Å². The summed E-state index contributed by atoms with van der Waals surface area (Å²) in [5.41, 5.74) is 1.94. The van der Waals surface area contributed by atoms with Crippen molar-refractivity contribution in [3.8, 4) is 0 Å². The highest BCUT2D eigenvalue weighted by Gasteiger charge is 2.20. The lowest BCUT2D eigenvalue weighted by Gasteiger charge is -2.13. The van der Waals surface area contributed by atoms with E-state index in [1.807, 2.05) is 18.2 Å². The van der Waals surface area contributed by atoms with Gasteiger partial charge in [-0.3, -0.25) is 14.5 Å². The summed E-state index contributed by atoms with van der Waals surface area (Å²) in [6, 6.07) is 9.08. The molecule has 24 heavy (non-hydrogen) atoms. The maximum atomic E-state index is 12.6. The van der Waals surface area contributed by atoms with Gasteiger partial charge in [0, 0.05) is 30.1 Å². The van der Waals surface area contributed by atoms with Crippen LogP contribution in [-0.4, -0.2) is 20.7 Å². The first-order valence-electron chi connectivity index (χ1n) is 7.66. The van der Waals surface area contributed by atoms with E-state index in [1.54, 1.807) is 30.1 Å². The van der Waals surface area contributed by atoms with Gasteiger partial charge in [-0.15, -0.1) is 0 Å². The molecule has 0 aliphatic heterocycles. The Balaban J connectivity index is 1.93. The predicted octanol–water partition coefficient (Wildman–Crippen LogP) is 4.17. The minimum Gasteiger partial charge on any atom is -0.307 e. The van der Waals surface area contributed by atoms with E-state index in [1.165, 1.54) is 0 Å². The van der Waals surface area contributed by atoms with Gasteiger partial charge in [-0.05, 0) is 18.2 Å². The number of hydrogen-bond acceptors (Lipinski definition) is 3. The van der Waals surface area contributed by atoms with Crippen molar-refractivity contribution in [2.75, 3.05) is 5.32 Å². The molecule has 1 amide bonds. The van der Waals surface area contributed by atoms with E-state index in [4.69, 9.17) is 11.6 Å². The summed E-state index contributed by atoms with van der Waals surface area (Å²) in [5.74, 6) is 0.345. The lowest BCUT2D eigenvalue weighted by atomic mass is 9.92. The molecule has 0 saturated carbocycles. The molecule has 0 spiro atoms. The number of carbonyl (C=O) groups is 1. The number of aromatic nitrogens is 3. The Morgan fingerprint density at radius 2 is 2.00 bits per heavy atom. The quantitative estimate of drug-likeness (QED) is 0.760. The van der Waals surface area contributed by atoms with Crippen LogP contribution in [0.25, 0.3) is 10.9 Å². The van der Waals surface area contributed by atoms with Crippen LogP contribution < -0.4 is 5.32 Å². The van der Waals surface area contributed by atoms with Gasteiger partial charge in [0.2, 0.25) is 0 Å². The summed E-state index contributed by atoms with van der Waals surface area (Å²) in [7, 11) is 1.80. The molecule has 124 valence electrons. The molecule has 3 rings (SSSR count). The number of fused-ring (bicyclic) bond motifs is 1. The van der Waals surface area contributed by atoms with Crippen LogP contribution >= 0.6 is 11.6 Å².